The van der Waals surface area contributed by atoms with E-state index in [9.17, 15) is 9.59 Å². The number of amides is 1. The molecular formula is C17H20BrNO3. The van der Waals surface area contributed by atoms with Crippen LogP contribution in [-0.4, -0.2) is 18.5 Å². The van der Waals surface area contributed by atoms with Crippen LogP contribution in [0.15, 0.2) is 28.7 Å². The number of rotatable bonds is 5. The number of carbonyl (C=O) groups is 2. The Hall–Kier alpha value is -1.36. The number of anilines is 1. The monoisotopic (exact) mass is 365 g/mol. The van der Waals surface area contributed by atoms with Crippen molar-refractivity contribution in [3.8, 4) is 0 Å². The lowest BCUT2D eigenvalue weighted by atomic mass is 9.86. The highest BCUT2D eigenvalue weighted by atomic mass is 79.9. The Kier molecular flexibility index (Phi) is 4.81. The molecule has 2 saturated carbocycles. The van der Waals surface area contributed by atoms with Gasteiger partial charge < -0.3 is 10.1 Å². The molecule has 0 unspecified atom stereocenters. The molecule has 0 heterocycles. The fourth-order valence-electron chi connectivity index (χ4n) is 3.79. The number of fused-ring (bicyclic) bond motifs is 2. The highest BCUT2D eigenvalue weighted by molar-refractivity contribution is 9.10. The lowest BCUT2D eigenvalue weighted by Crippen LogP contribution is -2.23. The molecule has 0 aromatic heterocycles. The summed E-state index contributed by atoms with van der Waals surface area (Å²) in [5.41, 5.74) is 0.677. The average molecular weight is 366 g/mol. The summed E-state index contributed by atoms with van der Waals surface area (Å²) in [7, 11) is 0. The van der Waals surface area contributed by atoms with Crippen LogP contribution in [0.4, 0.5) is 5.69 Å². The van der Waals surface area contributed by atoms with Crippen LogP contribution in [0.5, 0.6) is 0 Å². The average Bonchev–Trinajstić information content (AvgIpc) is 3.10. The number of nitrogens with one attached hydrogen (secondary N) is 1. The number of esters is 1. The molecule has 0 aliphatic heterocycles. The number of hydrogen-bond donors (Lipinski definition) is 1. The summed E-state index contributed by atoms with van der Waals surface area (Å²) in [6, 6.07) is 7.34. The molecule has 2 bridgehead atoms. The van der Waals surface area contributed by atoms with Crippen LogP contribution >= 0.6 is 15.9 Å². The first kappa shape index (κ1) is 15.5. The minimum atomic E-state index is -0.312. The molecule has 22 heavy (non-hydrogen) atoms. The van der Waals surface area contributed by atoms with Crippen LogP contribution in [0, 0.1) is 17.8 Å². The lowest BCUT2D eigenvalue weighted by Gasteiger charge is -2.20. The molecule has 1 N–H and O–H groups in total. The first-order valence-corrected chi connectivity index (χ1v) is 8.61. The third-order valence-corrected chi connectivity index (χ3v) is 5.52. The molecule has 2 aliphatic carbocycles. The normalized spacial score (nSPS) is 26.0. The Morgan fingerprint density at radius 1 is 1.23 bits per heavy atom. The van der Waals surface area contributed by atoms with Gasteiger partial charge in [0.1, 0.15) is 0 Å². The third-order valence-electron chi connectivity index (χ3n) is 4.83. The topological polar surface area (TPSA) is 55.4 Å². The van der Waals surface area contributed by atoms with Crippen LogP contribution < -0.4 is 5.32 Å². The van der Waals surface area contributed by atoms with E-state index in [1.54, 1.807) is 6.07 Å². The standard InChI is InChI=1S/C17H20BrNO3/c18-14-3-1-2-4-15(14)19-16(20)10-22-17(21)9-13-8-11-5-6-12(13)7-11/h1-4,11-13H,5-10H2,(H,19,20)/t11-,12+,13-/m0/s1. The summed E-state index contributed by atoms with van der Waals surface area (Å²) in [5, 5.41) is 2.72. The maximum atomic E-state index is 11.9. The summed E-state index contributed by atoms with van der Waals surface area (Å²) >= 11 is 3.36. The maximum Gasteiger partial charge on any atom is 0.306 e. The van der Waals surface area contributed by atoms with Gasteiger partial charge in [0.05, 0.1) is 5.69 Å². The van der Waals surface area contributed by atoms with Crippen LogP contribution in [0.2, 0.25) is 0 Å². The number of hydrogen-bond acceptors (Lipinski definition) is 3. The predicted octanol–water partition coefficient (Wildman–Crippen LogP) is 3.76. The van der Waals surface area contributed by atoms with Gasteiger partial charge in [-0.15, -0.1) is 0 Å². The second-order valence-electron chi connectivity index (χ2n) is 6.33. The number of halogens is 1. The van der Waals surface area contributed by atoms with Gasteiger partial charge in [0.2, 0.25) is 0 Å². The van der Waals surface area contributed by atoms with Gasteiger partial charge in [-0.1, -0.05) is 18.6 Å². The van der Waals surface area contributed by atoms with Crippen molar-refractivity contribution in [3.63, 3.8) is 0 Å². The summed E-state index contributed by atoms with van der Waals surface area (Å²) < 4.78 is 5.92. The van der Waals surface area contributed by atoms with Gasteiger partial charge in [-0.05, 0) is 65.1 Å². The smallest absolute Gasteiger partial charge is 0.306 e. The van der Waals surface area contributed by atoms with Gasteiger partial charge in [0.25, 0.3) is 5.91 Å². The quantitative estimate of drug-likeness (QED) is 0.808. The van der Waals surface area contributed by atoms with Crippen molar-refractivity contribution in [1.82, 2.24) is 0 Å². The Labute approximate surface area is 138 Å². The zero-order valence-corrected chi connectivity index (χ0v) is 14.0. The molecule has 5 heteroatoms. The molecule has 1 aromatic carbocycles. The summed E-state index contributed by atoms with van der Waals surface area (Å²) in [6.07, 6.45) is 5.47. The first-order chi connectivity index (χ1) is 10.6. The van der Waals surface area contributed by atoms with Crippen molar-refractivity contribution in [2.45, 2.75) is 32.1 Å². The van der Waals surface area contributed by atoms with E-state index in [1.165, 1.54) is 19.3 Å². The van der Waals surface area contributed by atoms with Crippen molar-refractivity contribution < 1.29 is 14.3 Å². The fraction of sp³-hybridized carbons (Fsp3) is 0.529. The summed E-state index contributed by atoms with van der Waals surface area (Å²) in [5.74, 6) is 1.43. The van der Waals surface area contributed by atoms with E-state index in [-0.39, 0.29) is 18.5 Å². The second-order valence-corrected chi connectivity index (χ2v) is 7.18. The lowest BCUT2D eigenvalue weighted by molar-refractivity contribution is -0.148. The van der Waals surface area contributed by atoms with Crippen molar-refractivity contribution in [2.75, 3.05) is 11.9 Å². The van der Waals surface area contributed by atoms with Crippen molar-refractivity contribution in [1.29, 1.82) is 0 Å². The SMILES string of the molecule is O=C(COC(=O)C[C@@H]1C[C@H]2CC[C@@H]1C2)Nc1ccccc1Br. The van der Waals surface area contributed by atoms with E-state index in [4.69, 9.17) is 4.74 Å². The molecule has 118 valence electrons. The van der Waals surface area contributed by atoms with E-state index in [1.807, 2.05) is 18.2 Å². The molecule has 0 saturated heterocycles. The summed E-state index contributed by atoms with van der Waals surface area (Å²) in [6.45, 7) is -0.221. The predicted molar refractivity (Wildman–Crippen MR) is 87.3 cm³/mol. The third kappa shape index (κ3) is 3.69. The molecule has 3 rings (SSSR count). The van der Waals surface area contributed by atoms with E-state index >= 15 is 0 Å². The highest BCUT2D eigenvalue weighted by Crippen LogP contribution is 2.49. The number of carbonyl (C=O) groups excluding carboxylic acids is 2. The van der Waals surface area contributed by atoms with Gasteiger partial charge in [-0.3, -0.25) is 9.59 Å². The van der Waals surface area contributed by atoms with Gasteiger partial charge in [-0.2, -0.15) is 0 Å². The molecule has 1 amide bonds. The van der Waals surface area contributed by atoms with Crippen LogP contribution in [0.1, 0.15) is 32.1 Å². The zero-order valence-electron chi connectivity index (χ0n) is 12.4. The first-order valence-electron chi connectivity index (χ1n) is 7.82. The molecule has 4 nitrogen and oxygen atoms in total. The van der Waals surface area contributed by atoms with E-state index in [0.717, 1.165) is 16.8 Å². The maximum absolute atomic E-state index is 11.9. The van der Waals surface area contributed by atoms with Crippen molar-refractivity contribution >= 4 is 33.5 Å². The van der Waals surface area contributed by atoms with Crippen LogP contribution in [0.25, 0.3) is 0 Å². The molecule has 1 aromatic rings. The molecular weight excluding hydrogens is 346 g/mol. The van der Waals surface area contributed by atoms with Gasteiger partial charge in [-0.25, -0.2) is 0 Å². The largest absolute Gasteiger partial charge is 0.456 e. The molecule has 3 atom stereocenters. The van der Waals surface area contributed by atoms with Gasteiger partial charge in [0, 0.05) is 10.9 Å². The van der Waals surface area contributed by atoms with E-state index in [0.29, 0.717) is 23.9 Å². The van der Waals surface area contributed by atoms with E-state index in [2.05, 4.69) is 21.2 Å². The molecule has 2 aliphatic rings. The van der Waals surface area contributed by atoms with Crippen molar-refractivity contribution in [3.05, 3.63) is 28.7 Å². The zero-order chi connectivity index (χ0) is 15.5. The molecule has 0 radical (unpaired) electrons. The van der Waals surface area contributed by atoms with Crippen LogP contribution in [0.3, 0.4) is 0 Å². The van der Waals surface area contributed by atoms with Crippen LogP contribution in [-0.2, 0) is 14.3 Å². The minimum absolute atomic E-state index is 0.221. The minimum Gasteiger partial charge on any atom is -0.456 e. The number of para-hydroxylation sites is 1. The Balaban J connectivity index is 1.41. The number of benzene rings is 1. The molecule has 2 fully saturated rings. The van der Waals surface area contributed by atoms with Gasteiger partial charge >= 0.3 is 5.97 Å². The summed E-state index contributed by atoms with van der Waals surface area (Å²) in [4.78, 5) is 23.7. The highest BCUT2D eigenvalue weighted by Gasteiger charge is 2.40. The van der Waals surface area contributed by atoms with Gasteiger partial charge in [0.15, 0.2) is 6.61 Å². The Bertz CT molecular complexity index is 575. The number of ether oxygens (including phenoxy) is 1. The second kappa shape index (κ2) is 6.82. The Morgan fingerprint density at radius 2 is 2.05 bits per heavy atom. The van der Waals surface area contributed by atoms with Crippen molar-refractivity contribution in [2.24, 2.45) is 17.8 Å². The van der Waals surface area contributed by atoms with E-state index < -0.39 is 0 Å². The Morgan fingerprint density at radius 3 is 2.73 bits per heavy atom. The fourth-order valence-corrected chi connectivity index (χ4v) is 4.18. The molecule has 0 spiro atoms.